The van der Waals surface area contributed by atoms with Crippen molar-refractivity contribution in [1.29, 1.82) is 0 Å². The van der Waals surface area contributed by atoms with Gasteiger partial charge in [-0.3, -0.25) is 4.68 Å². The topological polar surface area (TPSA) is 55.6 Å². The quantitative estimate of drug-likeness (QED) is 0.795. The minimum Gasteiger partial charge on any atom is -0.364 e. The molecule has 0 spiro atoms. The summed E-state index contributed by atoms with van der Waals surface area (Å²) in [6.45, 7) is 2.52. The summed E-state index contributed by atoms with van der Waals surface area (Å²) in [6, 6.07) is 6.36. The molecule has 0 fully saturated rings. The summed E-state index contributed by atoms with van der Waals surface area (Å²) in [5.41, 5.74) is 3.55. The zero-order valence-corrected chi connectivity index (χ0v) is 11.3. The number of aromatic nitrogens is 4. The van der Waals surface area contributed by atoms with Gasteiger partial charge in [0.25, 0.3) is 0 Å². The average molecular weight is 271 g/mol. The third kappa shape index (κ3) is 2.20. The van der Waals surface area contributed by atoms with Gasteiger partial charge in [0, 0.05) is 13.6 Å². The van der Waals surface area contributed by atoms with Crippen molar-refractivity contribution in [3.8, 4) is 0 Å². The SMILES string of the molecule is Cc1c2ncnc(NCc3ccc(F)cc3)c2nn1C. The number of aryl methyl sites for hydroxylation is 2. The van der Waals surface area contributed by atoms with E-state index in [9.17, 15) is 4.39 Å². The lowest BCUT2D eigenvalue weighted by Gasteiger charge is -2.05. The Morgan fingerprint density at radius 1 is 1.15 bits per heavy atom. The summed E-state index contributed by atoms with van der Waals surface area (Å²) in [6.07, 6.45) is 1.52. The van der Waals surface area contributed by atoms with Gasteiger partial charge in [-0.15, -0.1) is 0 Å². The van der Waals surface area contributed by atoms with Gasteiger partial charge in [-0.1, -0.05) is 12.1 Å². The molecule has 0 radical (unpaired) electrons. The van der Waals surface area contributed by atoms with E-state index in [4.69, 9.17) is 0 Å². The van der Waals surface area contributed by atoms with Crippen LogP contribution in [0.4, 0.5) is 10.2 Å². The molecule has 3 aromatic rings. The first kappa shape index (κ1) is 12.5. The third-order valence-corrected chi connectivity index (χ3v) is 3.27. The van der Waals surface area contributed by atoms with Gasteiger partial charge in [0.15, 0.2) is 11.3 Å². The van der Waals surface area contributed by atoms with E-state index in [0.29, 0.717) is 12.4 Å². The number of fused-ring (bicyclic) bond motifs is 1. The van der Waals surface area contributed by atoms with E-state index in [0.717, 1.165) is 22.3 Å². The van der Waals surface area contributed by atoms with Gasteiger partial charge in [-0.25, -0.2) is 14.4 Å². The van der Waals surface area contributed by atoms with Gasteiger partial charge in [-0.2, -0.15) is 5.10 Å². The number of hydrogen-bond acceptors (Lipinski definition) is 4. The fraction of sp³-hybridized carbons (Fsp3) is 0.214. The highest BCUT2D eigenvalue weighted by Gasteiger charge is 2.11. The monoisotopic (exact) mass is 271 g/mol. The largest absolute Gasteiger partial charge is 0.364 e. The number of benzene rings is 1. The fourth-order valence-corrected chi connectivity index (χ4v) is 2.03. The molecule has 0 bridgehead atoms. The van der Waals surface area contributed by atoms with Crippen LogP contribution in [-0.2, 0) is 13.6 Å². The number of anilines is 1. The van der Waals surface area contributed by atoms with Crippen LogP contribution in [0.1, 0.15) is 11.3 Å². The molecule has 1 N–H and O–H groups in total. The van der Waals surface area contributed by atoms with Crippen LogP contribution >= 0.6 is 0 Å². The Bertz CT molecular complexity index is 748. The van der Waals surface area contributed by atoms with Crippen LogP contribution < -0.4 is 5.32 Å². The molecule has 2 aromatic heterocycles. The lowest BCUT2D eigenvalue weighted by atomic mass is 10.2. The standard InChI is InChI=1S/C14H14FN5/c1-9-12-13(19-20(9)2)14(18-8-17-12)16-7-10-3-5-11(15)6-4-10/h3-6,8H,7H2,1-2H3,(H,16,17,18). The zero-order valence-electron chi connectivity index (χ0n) is 11.3. The summed E-state index contributed by atoms with van der Waals surface area (Å²) in [5, 5.41) is 7.62. The maximum atomic E-state index is 12.9. The van der Waals surface area contributed by atoms with Crippen LogP contribution in [-0.4, -0.2) is 19.7 Å². The lowest BCUT2D eigenvalue weighted by Crippen LogP contribution is -2.02. The number of hydrogen-bond donors (Lipinski definition) is 1. The number of halogens is 1. The Morgan fingerprint density at radius 3 is 2.65 bits per heavy atom. The fourth-order valence-electron chi connectivity index (χ4n) is 2.03. The Balaban J connectivity index is 1.87. The maximum Gasteiger partial charge on any atom is 0.158 e. The molecule has 20 heavy (non-hydrogen) atoms. The van der Waals surface area contributed by atoms with Crippen LogP contribution in [0.25, 0.3) is 11.0 Å². The van der Waals surface area contributed by atoms with Gasteiger partial charge >= 0.3 is 0 Å². The zero-order chi connectivity index (χ0) is 14.1. The molecule has 0 amide bonds. The summed E-state index contributed by atoms with van der Waals surface area (Å²) >= 11 is 0. The number of nitrogens with zero attached hydrogens (tertiary/aromatic N) is 4. The Hall–Kier alpha value is -2.50. The van der Waals surface area contributed by atoms with Crippen molar-refractivity contribution in [3.05, 3.63) is 47.7 Å². The number of nitrogens with one attached hydrogen (secondary N) is 1. The molecule has 102 valence electrons. The maximum absolute atomic E-state index is 12.9. The molecule has 2 heterocycles. The smallest absolute Gasteiger partial charge is 0.158 e. The van der Waals surface area contributed by atoms with Crippen molar-refractivity contribution in [2.75, 3.05) is 5.32 Å². The van der Waals surface area contributed by atoms with E-state index in [2.05, 4.69) is 20.4 Å². The normalized spacial score (nSPS) is 10.9. The molecule has 3 rings (SSSR count). The molecule has 0 saturated carbocycles. The van der Waals surface area contributed by atoms with Crippen LogP contribution in [0.2, 0.25) is 0 Å². The second-order valence-electron chi connectivity index (χ2n) is 4.61. The Kier molecular flexibility index (Phi) is 3.06. The van der Waals surface area contributed by atoms with Crippen molar-refractivity contribution in [1.82, 2.24) is 19.7 Å². The van der Waals surface area contributed by atoms with Crippen LogP contribution in [0.15, 0.2) is 30.6 Å². The Labute approximate surface area is 115 Å². The number of rotatable bonds is 3. The molecular weight excluding hydrogens is 257 g/mol. The molecule has 0 aliphatic heterocycles. The van der Waals surface area contributed by atoms with Gasteiger partial charge in [0.05, 0.1) is 5.69 Å². The molecule has 0 aliphatic rings. The van der Waals surface area contributed by atoms with E-state index in [1.165, 1.54) is 18.5 Å². The van der Waals surface area contributed by atoms with Gasteiger partial charge in [-0.05, 0) is 24.6 Å². The lowest BCUT2D eigenvalue weighted by molar-refractivity contribution is 0.627. The average Bonchev–Trinajstić information content (AvgIpc) is 2.75. The van der Waals surface area contributed by atoms with E-state index in [-0.39, 0.29) is 5.82 Å². The summed E-state index contributed by atoms with van der Waals surface area (Å²) in [7, 11) is 1.88. The second kappa shape index (κ2) is 4.88. The highest BCUT2D eigenvalue weighted by molar-refractivity contribution is 5.86. The van der Waals surface area contributed by atoms with Crippen molar-refractivity contribution in [2.24, 2.45) is 7.05 Å². The van der Waals surface area contributed by atoms with Crippen molar-refractivity contribution < 1.29 is 4.39 Å². The molecule has 5 nitrogen and oxygen atoms in total. The van der Waals surface area contributed by atoms with Crippen LogP contribution in [0, 0.1) is 12.7 Å². The van der Waals surface area contributed by atoms with E-state index in [1.807, 2.05) is 14.0 Å². The molecular formula is C14H14FN5. The third-order valence-electron chi connectivity index (χ3n) is 3.27. The first-order valence-electron chi connectivity index (χ1n) is 6.28. The van der Waals surface area contributed by atoms with Crippen LogP contribution in [0.3, 0.4) is 0 Å². The van der Waals surface area contributed by atoms with Gasteiger partial charge < -0.3 is 5.32 Å². The molecule has 0 unspecified atom stereocenters. The van der Waals surface area contributed by atoms with Crippen LogP contribution in [0.5, 0.6) is 0 Å². The highest BCUT2D eigenvalue weighted by atomic mass is 19.1. The van der Waals surface area contributed by atoms with E-state index < -0.39 is 0 Å². The molecule has 0 saturated heterocycles. The molecule has 0 atom stereocenters. The summed E-state index contributed by atoms with van der Waals surface area (Å²) < 4.78 is 14.6. The van der Waals surface area contributed by atoms with Gasteiger partial charge in [0.1, 0.15) is 17.7 Å². The predicted octanol–water partition coefficient (Wildman–Crippen LogP) is 2.42. The van der Waals surface area contributed by atoms with Gasteiger partial charge in [0.2, 0.25) is 0 Å². The predicted molar refractivity (Wildman–Crippen MR) is 74.8 cm³/mol. The van der Waals surface area contributed by atoms with Crippen molar-refractivity contribution >= 4 is 16.9 Å². The van der Waals surface area contributed by atoms with E-state index in [1.54, 1.807) is 16.8 Å². The van der Waals surface area contributed by atoms with Crippen molar-refractivity contribution in [2.45, 2.75) is 13.5 Å². The second-order valence-corrected chi connectivity index (χ2v) is 4.61. The minimum absolute atomic E-state index is 0.237. The van der Waals surface area contributed by atoms with E-state index >= 15 is 0 Å². The minimum atomic E-state index is -0.237. The van der Waals surface area contributed by atoms with Crippen molar-refractivity contribution in [3.63, 3.8) is 0 Å². The first-order valence-corrected chi connectivity index (χ1v) is 6.28. The Morgan fingerprint density at radius 2 is 1.90 bits per heavy atom. The molecule has 0 aliphatic carbocycles. The highest BCUT2D eigenvalue weighted by Crippen LogP contribution is 2.20. The first-order chi connectivity index (χ1) is 9.65. The summed E-state index contributed by atoms with van der Waals surface area (Å²) in [4.78, 5) is 8.47. The molecule has 6 heteroatoms. The molecule has 1 aromatic carbocycles. The summed E-state index contributed by atoms with van der Waals surface area (Å²) in [5.74, 6) is 0.446.